The largest absolute Gasteiger partial charge is 0.495 e. The van der Waals surface area contributed by atoms with Gasteiger partial charge in [0.05, 0.1) is 19.5 Å². The van der Waals surface area contributed by atoms with Crippen LogP contribution in [0.5, 0.6) is 5.75 Å². The fourth-order valence-corrected chi connectivity index (χ4v) is 2.27. The number of rotatable bonds is 7. The van der Waals surface area contributed by atoms with Gasteiger partial charge in [0.1, 0.15) is 5.75 Å². The van der Waals surface area contributed by atoms with E-state index in [4.69, 9.17) is 4.74 Å². The summed E-state index contributed by atoms with van der Waals surface area (Å²) in [7, 11) is 3.62. The van der Waals surface area contributed by atoms with Crippen molar-refractivity contribution in [3.8, 4) is 5.75 Å². The van der Waals surface area contributed by atoms with Crippen molar-refractivity contribution < 1.29 is 4.74 Å². The number of nitrogens with zero attached hydrogens (tertiary/aromatic N) is 3. The molecule has 108 valence electrons. The average molecular weight is 274 g/mol. The number of hydrogen-bond acceptors (Lipinski definition) is 4. The Kier molecular flexibility index (Phi) is 5.12. The second kappa shape index (κ2) is 7.05. The van der Waals surface area contributed by atoms with Gasteiger partial charge in [-0.15, -0.1) is 0 Å². The van der Waals surface area contributed by atoms with Crippen LogP contribution in [0.4, 0.5) is 0 Å². The first-order valence-electron chi connectivity index (χ1n) is 6.93. The van der Waals surface area contributed by atoms with Gasteiger partial charge in [-0.05, 0) is 31.0 Å². The third kappa shape index (κ3) is 3.57. The van der Waals surface area contributed by atoms with Crippen molar-refractivity contribution in [3.05, 3.63) is 42.0 Å². The molecule has 0 aliphatic heterocycles. The fourth-order valence-electron chi connectivity index (χ4n) is 2.27. The van der Waals surface area contributed by atoms with E-state index in [2.05, 4.69) is 22.3 Å². The molecule has 1 unspecified atom stereocenters. The maximum absolute atomic E-state index is 5.43. The van der Waals surface area contributed by atoms with Gasteiger partial charge in [0.15, 0.2) is 0 Å². The highest BCUT2D eigenvalue weighted by Gasteiger charge is 2.16. The minimum absolute atomic E-state index is 0.206. The van der Waals surface area contributed by atoms with Gasteiger partial charge in [-0.3, -0.25) is 9.67 Å². The topological polar surface area (TPSA) is 52.0 Å². The molecule has 0 amide bonds. The second-order valence-electron chi connectivity index (χ2n) is 4.85. The van der Waals surface area contributed by atoms with E-state index in [1.54, 1.807) is 13.3 Å². The molecule has 1 N–H and O–H groups in total. The van der Waals surface area contributed by atoms with E-state index in [1.165, 1.54) is 5.56 Å². The summed E-state index contributed by atoms with van der Waals surface area (Å²) in [4.78, 5) is 4.12. The lowest BCUT2D eigenvalue weighted by atomic mass is 10.0. The molecular weight excluding hydrogens is 252 g/mol. The molecule has 2 aromatic heterocycles. The van der Waals surface area contributed by atoms with Crippen molar-refractivity contribution in [2.75, 3.05) is 13.7 Å². The summed E-state index contributed by atoms with van der Waals surface area (Å²) in [5.41, 5.74) is 2.35. The highest BCUT2D eigenvalue weighted by molar-refractivity contribution is 5.34. The van der Waals surface area contributed by atoms with Gasteiger partial charge in [-0.1, -0.05) is 6.92 Å². The van der Waals surface area contributed by atoms with Crippen molar-refractivity contribution in [1.29, 1.82) is 0 Å². The standard InChI is InChI=1S/C15H22N4O/c1-4-6-17-14(8-12-9-18-19(2)11-12)13-5-7-16-10-15(13)20-3/h5,7,9-11,14,17H,4,6,8H2,1-3H3. The Labute approximate surface area is 120 Å². The quantitative estimate of drug-likeness (QED) is 0.840. The molecule has 2 heterocycles. The van der Waals surface area contributed by atoms with Crippen LogP contribution < -0.4 is 10.1 Å². The molecule has 0 bridgehead atoms. The molecule has 0 aliphatic rings. The summed E-state index contributed by atoms with van der Waals surface area (Å²) in [6.07, 6.45) is 9.51. The first kappa shape index (κ1) is 14.5. The number of aromatic nitrogens is 3. The van der Waals surface area contributed by atoms with Crippen LogP contribution in [0.3, 0.4) is 0 Å². The lowest BCUT2D eigenvalue weighted by Gasteiger charge is -2.20. The van der Waals surface area contributed by atoms with Crippen LogP contribution in [-0.2, 0) is 13.5 Å². The van der Waals surface area contributed by atoms with E-state index in [9.17, 15) is 0 Å². The molecule has 20 heavy (non-hydrogen) atoms. The van der Waals surface area contributed by atoms with E-state index in [-0.39, 0.29) is 6.04 Å². The molecule has 0 saturated heterocycles. The molecule has 0 radical (unpaired) electrons. The maximum Gasteiger partial charge on any atom is 0.141 e. The van der Waals surface area contributed by atoms with Crippen molar-refractivity contribution in [1.82, 2.24) is 20.1 Å². The monoisotopic (exact) mass is 274 g/mol. The van der Waals surface area contributed by atoms with Crippen LogP contribution in [0.15, 0.2) is 30.9 Å². The summed E-state index contributed by atoms with van der Waals surface area (Å²) >= 11 is 0. The second-order valence-corrected chi connectivity index (χ2v) is 4.85. The number of hydrogen-bond donors (Lipinski definition) is 1. The Balaban J connectivity index is 2.22. The van der Waals surface area contributed by atoms with Gasteiger partial charge >= 0.3 is 0 Å². The van der Waals surface area contributed by atoms with Crippen LogP contribution in [-0.4, -0.2) is 28.4 Å². The summed E-state index contributed by atoms with van der Waals surface area (Å²) in [6.45, 7) is 3.13. The number of methoxy groups -OCH3 is 1. The van der Waals surface area contributed by atoms with Gasteiger partial charge in [0, 0.05) is 31.0 Å². The molecule has 2 rings (SSSR count). The molecule has 0 aliphatic carbocycles. The summed E-state index contributed by atoms with van der Waals surface area (Å²) in [5, 5.41) is 7.80. The summed E-state index contributed by atoms with van der Waals surface area (Å²) in [5.74, 6) is 0.824. The molecule has 0 saturated carbocycles. The zero-order chi connectivity index (χ0) is 14.4. The molecule has 1 atom stereocenters. The number of pyridine rings is 1. The molecule has 5 heteroatoms. The average Bonchev–Trinajstić information content (AvgIpc) is 2.88. The Hall–Kier alpha value is -1.88. The number of nitrogens with one attached hydrogen (secondary N) is 1. The smallest absolute Gasteiger partial charge is 0.141 e. The van der Waals surface area contributed by atoms with E-state index in [0.29, 0.717) is 0 Å². The fraction of sp³-hybridized carbons (Fsp3) is 0.467. The van der Waals surface area contributed by atoms with Crippen LogP contribution >= 0.6 is 0 Å². The maximum atomic E-state index is 5.43. The van der Waals surface area contributed by atoms with Crippen molar-refractivity contribution in [2.24, 2.45) is 7.05 Å². The SMILES string of the molecule is CCCNC(Cc1cnn(C)c1)c1ccncc1OC. The Morgan fingerprint density at radius 2 is 2.25 bits per heavy atom. The minimum atomic E-state index is 0.206. The van der Waals surface area contributed by atoms with Crippen LogP contribution in [0.25, 0.3) is 0 Å². The third-order valence-electron chi connectivity index (χ3n) is 3.25. The predicted molar refractivity (Wildman–Crippen MR) is 78.7 cm³/mol. The van der Waals surface area contributed by atoms with Crippen molar-refractivity contribution in [2.45, 2.75) is 25.8 Å². The Morgan fingerprint density at radius 1 is 1.40 bits per heavy atom. The summed E-state index contributed by atoms with van der Waals surface area (Å²) in [6, 6.07) is 2.22. The molecule has 2 aromatic rings. The normalized spacial score (nSPS) is 12.3. The van der Waals surface area contributed by atoms with Crippen LogP contribution in [0.2, 0.25) is 0 Å². The number of ether oxygens (including phenoxy) is 1. The summed E-state index contributed by atoms with van der Waals surface area (Å²) < 4.78 is 7.26. The van der Waals surface area contributed by atoms with Gasteiger partial charge in [0.25, 0.3) is 0 Å². The van der Waals surface area contributed by atoms with Crippen molar-refractivity contribution >= 4 is 0 Å². The van der Waals surface area contributed by atoms with E-state index < -0.39 is 0 Å². The van der Waals surface area contributed by atoms with Gasteiger partial charge in [0.2, 0.25) is 0 Å². The third-order valence-corrected chi connectivity index (χ3v) is 3.25. The van der Waals surface area contributed by atoms with E-state index >= 15 is 0 Å². The molecule has 5 nitrogen and oxygen atoms in total. The first-order chi connectivity index (χ1) is 9.74. The Morgan fingerprint density at radius 3 is 2.90 bits per heavy atom. The van der Waals surface area contributed by atoms with Crippen molar-refractivity contribution in [3.63, 3.8) is 0 Å². The molecular formula is C15H22N4O. The molecule has 0 aromatic carbocycles. The van der Waals surface area contributed by atoms with Crippen LogP contribution in [0.1, 0.15) is 30.5 Å². The highest BCUT2D eigenvalue weighted by atomic mass is 16.5. The Bertz CT molecular complexity index is 538. The highest BCUT2D eigenvalue weighted by Crippen LogP contribution is 2.26. The van der Waals surface area contributed by atoms with Gasteiger partial charge in [-0.2, -0.15) is 5.10 Å². The zero-order valence-electron chi connectivity index (χ0n) is 12.3. The lowest BCUT2D eigenvalue weighted by molar-refractivity contribution is 0.396. The zero-order valence-corrected chi connectivity index (χ0v) is 12.3. The first-order valence-corrected chi connectivity index (χ1v) is 6.93. The lowest BCUT2D eigenvalue weighted by Crippen LogP contribution is -2.24. The predicted octanol–water partition coefficient (Wildman–Crippen LogP) is 2.11. The molecule has 0 spiro atoms. The van der Waals surface area contributed by atoms with Crippen LogP contribution in [0, 0.1) is 0 Å². The minimum Gasteiger partial charge on any atom is -0.495 e. The van der Waals surface area contributed by atoms with Gasteiger partial charge in [-0.25, -0.2) is 0 Å². The number of aryl methyl sites for hydroxylation is 1. The van der Waals surface area contributed by atoms with E-state index in [0.717, 1.165) is 30.7 Å². The van der Waals surface area contributed by atoms with E-state index in [1.807, 2.05) is 36.4 Å². The van der Waals surface area contributed by atoms with Gasteiger partial charge < -0.3 is 10.1 Å². The molecule has 0 fully saturated rings.